The van der Waals surface area contributed by atoms with E-state index in [0.29, 0.717) is 0 Å². The van der Waals surface area contributed by atoms with Gasteiger partial charge in [-0.05, 0) is 25.1 Å². The van der Waals surface area contributed by atoms with Crippen LogP contribution in [0.5, 0.6) is 28.7 Å². The Hall–Kier alpha value is -3.71. The Labute approximate surface area is 254 Å². The molecule has 0 radical (unpaired) electrons. The zero-order chi connectivity index (χ0) is 32.7. The van der Waals surface area contributed by atoms with Crippen LogP contribution in [0.25, 0.3) is 22.3 Å². The second kappa shape index (κ2) is 13.0. The third-order valence-electron chi connectivity index (χ3n) is 7.72. The number of methoxy groups -OCH3 is 2. The smallest absolute Gasteiger partial charge is 0.239 e. The molecular formula is C29H34O16. The van der Waals surface area contributed by atoms with E-state index in [4.69, 9.17) is 32.8 Å². The summed E-state index contributed by atoms with van der Waals surface area (Å²) in [4.78, 5) is 13.8. The van der Waals surface area contributed by atoms with E-state index in [1.54, 1.807) is 0 Å². The average molecular weight is 639 g/mol. The SMILES string of the molecule is COc1cc(O)c2c(=O)c(O[C@@H]3O[C@H](CO[C@H]4O[C@@H](C)[C@H](O)[C@@H](O)[C@H]4O)[C@H](O)[C@H](O)[C@H]3O)c(-c3ccc(O)c(OC)c3)oc2c1. The molecule has 2 aliphatic rings. The molecule has 10 atom stereocenters. The van der Waals surface area contributed by atoms with Crippen LogP contribution in [0.1, 0.15) is 6.92 Å². The normalized spacial score (nSPS) is 31.9. The maximum absolute atomic E-state index is 13.8. The summed E-state index contributed by atoms with van der Waals surface area (Å²) in [6, 6.07) is 6.50. The van der Waals surface area contributed by atoms with Crippen molar-refractivity contribution in [2.75, 3.05) is 20.8 Å². The lowest BCUT2D eigenvalue weighted by Crippen LogP contribution is -2.61. The monoisotopic (exact) mass is 638 g/mol. The molecule has 3 aromatic rings. The summed E-state index contributed by atoms with van der Waals surface area (Å²) < 4.78 is 38.7. The van der Waals surface area contributed by atoms with Crippen LogP contribution in [0.4, 0.5) is 0 Å². The molecule has 1 aromatic heterocycles. The van der Waals surface area contributed by atoms with E-state index in [1.165, 1.54) is 51.5 Å². The van der Waals surface area contributed by atoms with Gasteiger partial charge < -0.3 is 73.7 Å². The predicted molar refractivity (Wildman–Crippen MR) is 150 cm³/mol. The molecule has 0 bridgehead atoms. The number of phenolic OH excluding ortho intramolecular Hbond substituents is 2. The summed E-state index contributed by atoms with van der Waals surface area (Å²) >= 11 is 0. The fourth-order valence-corrected chi connectivity index (χ4v) is 5.10. The van der Waals surface area contributed by atoms with Crippen molar-refractivity contribution in [1.82, 2.24) is 0 Å². The summed E-state index contributed by atoms with van der Waals surface area (Å²) in [5.74, 6) is -1.39. The summed E-state index contributed by atoms with van der Waals surface area (Å²) in [6.07, 6.45) is -15.9. The molecule has 16 heteroatoms. The zero-order valence-electron chi connectivity index (χ0n) is 24.2. The van der Waals surface area contributed by atoms with Crippen LogP contribution in [0.15, 0.2) is 39.5 Å². The maximum atomic E-state index is 13.8. The molecule has 0 amide bonds. The minimum Gasteiger partial charge on any atom is -0.507 e. The Kier molecular flexibility index (Phi) is 9.41. The van der Waals surface area contributed by atoms with Gasteiger partial charge in [0, 0.05) is 17.7 Å². The molecule has 2 aromatic carbocycles. The lowest BCUT2D eigenvalue weighted by Gasteiger charge is -2.42. The fraction of sp³-hybridized carbons (Fsp3) is 0.483. The average Bonchev–Trinajstić information content (AvgIpc) is 3.02. The van der Waals surface area contributed by atoms with E-state index >= 15 is 0 Å². The van der Waals surface area contributed by atoms with Crippen molar-refractivity contribution >= 4 is 11.0 Å². The first kappa shape index (κ1) is 32.7. The number of aromatic hydroxyl groups is 2. The summed E-state index contributed by atoms with van der Waals surface area (Å²) in [5, 5.41) is 82.6. The largest absolute Gasteiger partial charge is 0.507 e. The fourth-order valence-electron chi connectivity index (χ4n) is 5.10. The Morgan fingerprint density at radius 3 is 2.16 bits per heavy atom. The van der Waals surface area contributed by atoms with Crippen LogP contribution >= 0.6 is 0 Å². The van der Waals surface area contributed by atoms with Crippen LogP contribution in [0.3, 0.4) is 0 Å². The molecule has 0 aliphatic carbocycles. The van der Waals surface area contributed by atoms with Crippen molar-refractivity contribution in [3.05, 3.63) is 40.6 Å². The molecule has 0 spiro atoms. The number of rotatable bonds is 8. The van der Waals surface area contributed by atoms with Crippen LogP contribution in [-0.4, -0.2) is 123 Å². The van der Waals surface area contributed by atoms with Crippen molar-refractivity contribution in [1.29, 1.82) is 0 Å². The van der Waals surface area contributed by atoms with Crippen molar-refractivity contribution in [3.8, 4) is 40.1 Å². The summed E-state index contributed by atoms with van der Waals surface area (Å²) in [6.45, 7) is 0.868. The molecule has 8 N–H and O–H groups in total. The standard InChI is InChI=1S/C29H34O16/c1-10-19(32)22(35)24(37)28(42-10)41-9-17-20(33)23(36)25(38)29(44-17)45-27-21(34)18-14(31)7-12(39-2)8-16(18)43-26(27)11-4-5-13(30)15(6-11)40-3/h4-8,10,17,19-20,22-25,28-33,35-38H,9H2,1-3H3/t10-,17+,19-,20-,22+,23-,24+,25+,28-,29-/m0/s1. The lowest BCUT2D eigenvalue weighted by atomic mass is 9.98. The highest BCUT2D eigenvalue weighted by Gasteiger charge is 2.47. The second-order valence-corrected chi connectivity index (χ2v) is 10.6. The van der Waals surface area contributed by atoms with Gasteiger partial charge in [-0.1, -0.05) is 0 Å². The Bertz CT molecular complexity index is 1570. The van der Waals surface area contributed by atoms with E-state index < -0.39 is 84.9 Å². The van der Waals surface area contributed by atoms with Crippen LogP contribution in [0, 0.1) is 0 Å². The zero-order valence-corrected chi connectivity index (χ0v) is 24.2. The van der Waals surface area contributed by atoms with E-state index in [1.807, 2.05) is 0 Å². The molecule has 16 nitrogen and oxygen atoms in total. The van der Waals surface area contributed by atoms with Gasteiger partial charge in [-0.3, -0.25) is 4.79 Å². The van der Waals surface area contributed by atoms with Crippen LogP contribution < -0.4 is 19.6 Å². The lowest BCUT2D eigenvalue weighted by molar-refractivity contribution is -0.318. The van der Waals surface area contributed by atoms with Gasteiger partial charge in [0.25, 0.3) is 0 Å². The Morgan fingerprint density at radius 2 is 1.47 bits per heavy atom. The molecular weight excluding hydrogens is 604 g/mol. The number of benzene rings is 2. The molecule has 3 heterocycles. The highest BCUT2D eigenvalue weighted by Crippen LogP contribution is 2.40. The number of aliphatic hydroxyl groups is 6. The highest BCUT2D eigenvalue weighted by atomic mass is 16.7. The number of hydrogen-bond acceptors (Lipinski definition) is 16. The molecule has 5 rings (SSSR count). The number of aliphatic hydroxyl groups excluding tert-OH is 6. The number of fused-ring (bicyclic) bond motifs is 1. The third-order valence-corrected chi connectivity index (χ3v) is 7.72. The summed E-state index contributed by atoms with van der Waals surface area (Å²) in [5.41, 5.74) is -0.862. The first-order valence-electron chi connectivity index (χ1n) is 13.8. The van der Waals surface area contributed by atoms with Crippen LogP contribution in [-0.2, 0) is 14.2 Å². The van der Waals surface area contributed by atoms with Gasteiger partial charge in [0.2, 0.25) is 17.5 Å². The number of hydrogen-bond donors (Lipinski definition) is 8. The Balaban J connectivity index is 1.50. The summed E-state index contributed by atoms with van der Waals surface area (Å²) in [7, 11) is 2.65. The van der Waals surface area contributed by atoms with Crippen molar-refractivity contribution in [3.63, 3.8) is 0 Å². The predicted octanol–water partition coefficient (Wildman–Crippen LogP) is -1.08. The van der Waals surface area contributed by atoms with Crippen molar-refractivity contribution in [2.45, 2.75) is 68.3 Å². The van der Waals surface area contributed by atoms with Crippen molar-refractivity contribution < 1.29 is 73.7 Å². The minimum atomic E-state index is -1.92. The topological polar surface area (TPSA) is 247 Å². The number of phenols is 2. The molecule has 2 saturated heterocycles. The van der Waals surface area contributed by atoms with E-state index in [9.17, 15) is 45.6 Å². The quantitative estimate of drug-likeness (QED) is 0.146. The Morgan fingerprint density at radius 1 is 0.778 bits per heavy atom. The van der Waals surface area contributed by atoms with Gasteiger partial charge in [-0.15, -0.1) is 0 Å². The van der Waals surface area contributed by atoms with E-state index in [2.05, 4.69) is 0 Å². The van der Waals surface area contributed by atoms with Gasteiger partial charge >= 0.3 is 0 Å². The molecule has 0 saturated carbocycles. The van der Waals surface area contributed by atoms with Crippen LogP contribution in [0.2, 0.25) is 0 Å². The van der Waals surface area contributed by atoms with Gasteiger partial charge in [0.05, 0.1) is 26.9 Å². The molecule has 246 valence electrons. The minimum absolute atomic E-state index is 0.0125. The first-order valence-corrected chi connectivity index (χ1v) is 13.8. The maximum Gasteiger partial charge on any atom is 0.239 e. The van der Waals surface area contributed by atoms with E-state index in [0.717, 1.165) is 0 Å². The second-order valence-electron chi connectivity index (χ2n) is 10.6. The van der Waals surface area contributed by atoms with Gasteiger partial charge in [-0.2, -0.15) is 0 Å². The highest BCUT2D eigenvalue weighted by molar-refractivity contribution is 5.88. The van der Waals surface area contributed by atoms with Crippen molar-refractivity contribution in [2.24, 2.45) is 0 Å². The molecule has 45 heavy (non-hydrogen) atoms. The molecule has 2 aliphatic heterocycles. The molecule has 2 fully saturated rings. The first-order chi connectivity index (χ1) is 21.4. The third kappa shape index (κ3) is 6.11. The van der Waals surface area contributed by atoms with Gasteiger partial charge in [-0.25, -0.2) is 0 Å². The van der Waals surface area contributed by atoms with E-state index in [-0.39, 0.29) is 39.5 Å². The number of ether oxygens (including phenoxy) is 6. The van der Waals surface area contributed by atoms with Gasteiger partial charge in [0.1, 0.15) is 65.2 Å². The molecule has 0 unspecified atom stereocenters. The van der Waals surface area contributed by atoms with Gasteiger partial charge in [0.15, 0.2) is 23.5 Å².